The van der Waals surface area contributed by atoms with E-state index in [0.29, 0.717) is 22.7 Å². The van der Waals surface area contributed by atoms with Crippen molar-refractivity contribution in [2.24, 2.45) is 0 Å². The van der Waals surface area contributed by atoms with Gasteiger partial charge in [0.15, 0.2) is 6.10 Å². The minimum atomic E-state index is -0.761. The van der Waals surface area contributed by atoms with Crippen molar-refractivity contribution in [3.05, 3.63) is 76.4 Å². The second kappa shape index (κ2) is 8.51. The summed E-state index contributed by atoms with van der Waals surface area (Å²) in [5.41, 5.74) is 3.52. The first-order valence-corrected chi connectivity index (χ1v) is 10.7. The summed E-state index contributed by atoms with van der Waals surface area (Å²) < 4.78 is 6.85. The molecule has 0 saturated heterocycles. The van der Waals surface area contributed by atoms with Crippen molar-refractivity contribution in [3.63, 3.8) is 0 Å². The summed E-state index contributed by atoms with van der Waals surface area (Å²) >= 11 is 3.48. The third-order valence-corrected chi connectivity index (χ3v) is 5.66. The predicted molar refractivity (Wildman–Crippen MR) is 123 cm³/mol. The number of fused-ring (bicyclic) bond motifs is 1. The smallest absolute Gasteiger partial charge is 0.265 e. The molecule has 4 rings (SSSR count). The molecule has 0 saturated carbocycles. The number of amides is 2. The van der Waals surface area contributed by atoms with Gasteiger partial charge in [0, 0.05) is 24.1 Å². The molecule has 0 unspecified atom stereocenters. The first-order chi connectivity index (χ1) is 14.8. The van der Waals surface area contributed by atoms with Crippen LogP contribution in [0.1, 0.15) is 16.1 Å². The summed E-state index contributed by atoms with van der Waals surface area (Å²) in [6.07, 6.45) is -0.761. The molecule has 0 spiro atoms. The van der Waals surface area contributed by atoms with E-state index in [9.17, 15) is 9.59 Å². The van der Waals surface area contributed by atoms with Crippen LogP contribution in [0.5, 0.6) is 5.75 Å². The van der Waals surface area contributed by atoms with E-state index in [2.05, 4.69) is 20.9 Å². The van der Waals surface area contributed by atoms with Crippen molar-refractivity contribution in [2.45, 2.75) is 13.0 Å². The number of rotatable bonds is 3. The lowest BCUT2D eigenvalue weighted by molar-refractivity contribution is -0.135. The van der Waals surface area contributed by atoms with Gasteiger partial charge in [0.2, 0.25) is 0 Å². The molecule has 2 aromatic carbocycles. The van der Waals surface area contributed by atoms with Crippen LogP contribution in [-0.2, 0) is 4.79 Å². The first-order valence-electron chi connectivity index (χ1n) is 9.87. The van der Waals surface area contributed by atoms with Gasteiger partial charge < -0.3 is 14.5 Å². The second-order valence-corrected chi connectivity index (χ2v) is 8.48. The number of pyridine rings is 1. The van der Waals surface area contributed by atoms with Crippen LogP contribution in [0.3, 0.4) is 0 Å². The van der Waals surface area contributed by atoms with E-state index in [4.69, 9.17) is 4.74 Å². The minimum absolute atomic E-state index is 0.139. The van der Waals surface area contributed by atoms with E-state index < -0.39 is 6.10 Å². The summed E-state index contributed by atoms with van der Waals surface area (Å²) in [7, 11) is 3.35. The Kier molecular flexibility index (Phi) is 5.78. The van der Waals surface area contributed by atoms with Crippen LogP contribution in [0.15, 0.2) is 65.1 Å². The van der Waals surface area contributed by atoms with Crippen LogP contribution >= 0.6 is 15.9 Å². The molecule has 0 bridgehead atoms. The van der Waals surface area contributed by atoms with Gasteiger partial charge in [-0.15, -0.1) is 0 Å². The number of anilines is 1. The molecule has 0 N–H and O–H groups in total. The third-order valence-electron chi connectivity index (χ3n) is 5.17. The number of carbonyl (C=O) groups excluding carboxylic acids is 2. The van der Waals surface area contributed by atoms with Crippen molar-refractivity contribution in [3.8, 4) is 17.0 Å². The molecule has 2 heterocycles. The highest BCUT2D eigenvalue weighted by molar-refractivity contribution is 9.10. The molecule has 158 valence electrons. The van der Waals surface area contributed by atoms with Gasteiger partial charge in [-0.25, -0.2) is 0 Å². The van der Waals surface area contributed by atoms with E-state index in [1.54, 1.807) is 31.1 Å². The first kappa shape index (κ1) is 21.1. The monoisotopic (exact) mass is 479 g/mol. The number of halogens is 1. The Morgan fingerprint density at radius 3 is 2.58 bits per heavy atom. The van der Waals surface area contributed by atoms with E-state index in [1.165, 1.54) is 4.90 Å². The van der Waals surface area contributed by atoms with Crippen LogP contribution < -0.4 is 9.64 Å². The van der Waals surface area contributed by atoms with E-state index in [-0.39, 0.29) is 18.4 Å². The summed E-state index contributed by atoms with van der Waals surface area (Å²) in [5.74, 6) is 0.115. The molecular weight excluding hydrogens is 458 g/mol. The SMILES string of the molecule is Cc1nc(-c2cccc(Br)c2)ccc1C(=O)N1C[C@@H](C(=O)N(C)C)Oc2ccccc21. The van der Waals surface area contributed by atoms with E-state index >= 15 is 0 Å². The van der Waals surface area contributed by atoms with Gasteiger partial charge >= 0.3 is 0 Å². The Morgan fingerprint density at radius 1 is 1.10 bits per heavy atom. The number of para-hydroxylation sites is 2. The number of benzene rings is 2. The number of ether oxygens (including phenoxy) is 1. The van der Waals surface area contributed by atoms with E-state index in [0.717, 1.165) is 15.7 Å². The number of nitrogens with zero attached hydrogens (tertiary/aromatic N) is 3. The average Bonchev–Trinajstić information content (AvgIpc) is 2.77. The summed E-state index contributed by atoms with van der Waals surface area (Å²) in [6, 6.07) is 18.8. The molecule has 1 aromatic heterocycles. The molecule has 3 aromatic rings. The van der Waals surface area contributed by atoms with Crippen LogP contribution in [0.4, 0.5) is 5.69 Å². The molecule has 0 fully saturated rings. The topological polar surface area (TPSA) is 62.7 Å². The summed E-state index contributed by atoms with van der Waals surface area (Å²) in [5, 5.41) is 0. The molecule has 0 aliphatic carbocycles. The molecule has 0 radical (unpaired) electrons. The van der Waals surface area contributed by atoms with Gasteiger partial charge in [0.05, 0.1) is 29.2 Å². The summed E-state index contributed by atoms with van der Waals surface area (Å²) in [6.45, 7) is 1.96. The maximum absolute atomic E-state index is 13.5. The van der Waals surface area contributed by atoms with Gasteiger partial charge in [-0.1, -0.05) is 40.2 Å². The molecule has 2 amide bonds. The number of aromatic nitrogens is 1. The highest BCUT2D eigenvalue weighted by atomic mass is 79.9. The highest BCUT2D eigenvalue weighted by Gasteiger charge is 2.35. The summed E-state index contributed by atoms with van der Waals surface area (Å²) in [4.78, 5) is 33.8. The van der Waals surface area contributed by atoms with Crippen LogP contribution in [-0.4, -0.2) is 48.4 Å². The standard InChI is InChI=1S/C24H22BrN3O3/c1-15-18(11-12-19(26-15)16-7-6-8-17(25)13-16)23(29)28-14-22(24(30)27(2)3)31-21-10-5-4-9-20(21)28/h4-13,22H,14H2,1-3H3/t22-/m0/s1. The number of hydrogen-bond donors (Lipinski definition) is 0. The molecule has 7 heteroatoms. The fraction of sp³-hybridized carbons (Fsp3) is 0.208. The molecule has 31 heavy (non-hydrogen) atoms. The zero-order valence-corrected chi connectivity index (χ0v) is 19.1. The Balaban J connectivity index is 1.69. The fourth-order valence-corrected chi connectivity index (χ4v) is 3.98. The fourth-order valence-electron chi connectivity index (χ4n) is 3.58. The Labute approximate surface area is 189 Å². The average molecular weight is 480 g/mol. The van der Waals surface area contributed by atoms with Gasteiger partial charge in [-0.2, -0.15) is 0 Å². The van der Waals surface area contributed by atoms with Crippen molar-refractivity contribution < 1.29 is 14.3 Å². The molecule has 6 nitrogen and oxygen atoms in total. The zero-order valence-electron chi connectivity index (χ0n) is 17.5. The lowest BCUT2D eigenvalue weighted by Gasteiger charge is -2.35. The van der Waals surface area contributed by atoms with Crippen LogP contribution in [0, 0.1) is 6.92 Å². The van der Waals surface area contributed by atoms with Gasteiger partial charge in [-0.3, -0.25) is 14.6 Å². The Hall–Kier alpha value is -3.19. The lowest BCUT2D eigenvalue weighted by Crippen LogP contribution is -2.50. The highest BCUT2D eigenvalue weighted by Crippen LogP contribution is 2.35. The van der Waals surface area contributed by atoms with Crippen molar-refractivity contribution in [2.75, 3.05) is 25.5 Å². The zero-order chi connectivity index (χ0) is 22.1. The Morgan fingerprint density at radius 2 is 1.87 bits per heavy atom. The quantitative estimate of drug-likeness (QED) is 0.561. The molecule has 1 aliphatic rings. The molecule has 1 aliphatic heterocycles. The van der Waals surface area contributed by atoms with Crippen molar-refractivity contribution in [1.29, 1.82) is 0 Å². The number of likely N-dealkylation sites (N-methyl/N-ethyl adjacent to an activating group) is 1. The predicted octanol–water partition coefficient (Wildman–Crippen LogP) is 4.32. The maximum Gasteiger partial charge on any atom is 0.265 e. The third kappa shape index (κ3) is 4.18. The van der Waals surface area contributed by atoms with Crippen molar-refractivity contribution in [1.82, 2.24) is 9.88 Å². The lowest BCUT2D eigenvalue weighted by atomic mass is 10.1. The Bertz CT molecular complexity index is 1160. The van der Waals surface area contributed by atoms with Crippen LogP contribution in [0.2, 0.25) is 0 Å². The van der Waals surface area contributed by atoms with Gasteiger partial charge in [-0.05, 0) is 43.3 Å². The second-order valence-electron chi connectivity index (χ2n) is 7.56. The number of aryl methyl sites for hydroxylation is 1. The largest absolute Gasteiger partial charge is 0.476 e. The van der Waals surface area contributed by atoms with Crippen LogP contribution in [0.25, 0.3) is 11.3 Å². The molecule has 1 atom stereocenters. The molecular formula is C24H22BrN3O3. The normalized spacial score (nSPS) is 15.1. The minimum Gasteiger partial charge on any atom is -0.476 e. The van der Waals surface area contributed by atoms with Gasteiger partial charge in [0.25, 0.3) is 11.8 Å². The van der Waals surface area contributed by atoms with E-state index in [1.807, 2.05) is 55.5 Å². The maximum atomic E-state index is 13.5. The number of carbonyl (C=O) groups is 2. The van der Waals surface area contributed by atoms with Gasteiger partial charge in [0.1, 0.15) is 5.75 Å². The van der Waals surface area contributed by atoms with Crippen molar-refractivity contribution >= 4 is 33.4 Å². The number of hydrogen-bond acceptors (Lipinski definition) is 4.